The highest BCUT2D eigenvalue weighted by Crippen LogP contribution is 2.33. The van der Waals surface area contributed by atoms with Gasteiger partial charge in [0.15, 0.2) is 17.2 Å². The zero-order valence-electron chi connectivity index (χ0n) is 16.6. The molecule has 0 saturated carbocycles. The van der Waals surface area contributed by atoms with Crippen LogP contribution < -0.4 is 14.8 Å². The summed E-state index contributed by atoms with van der Waals surface area (Å²) in [5.74, 6) is -2.36. The summed E-state index contributed by atoms with van der Waals surface area (Å²) < 4.78 is 24.5. The summed E-state index contributed by atoms with van der Waals surface area (Å²) in [5, 5.41) is 11.7. The number of ether oxygens (including phenoxy) is 2. The van der Waals surface area contributed by atoms with Crippen LogP contribution in [0.4, 0.5) is 10.1 Å². The molecule has 0 aliphatic rings. The van der Waals surface area contributed by atoms with Crippen molar-refractivity contribution in [3.05, 3.63) is 78.0 Å². The monoisotopic (exact) mass is 434 g/mol. The van der Waals surface area contributed by atoms with Gasteiger partial charge in [0, 0.05) is 18.0 Å². The van der Waals surface area contributed by atoms with E-state index in [1.54, 1.807) is 24.3 Å². The minimum absolute atomic E-state index is 0.103. The SMILES string of the molecule is COc1cc(F)ccc1Oc1nc2ccccc2nc1C(=O)Nc1ccnc(C(=O)O)c1. The number of benzene rings is 2. The molecular weight excluding hydrogens is 419 g/mol. The van der Waals surface area contributed by atoms with Crippen LogP contribution in [0.25, 0.3) is 11.0 Å². The highest BCUT2D eigenvalue weighted by Gasteiger charge is 2.21. The van der Waals surface area contributed by atoms with Gasteiger partial charge in [0.25, 0.3) is 11.8 Å². The third kappa shape index (κ3) is 4.29. The molecule has 2 N–H and O–H groups in total. The van der Waals surface area contributed by atoms with Gasteiger partial charge in [-0.3, -0.25) is 4.79 Å². The number of para-hydroxylation sites is 2. The Morgan fingerprint density at radius 3 is 2.47 bits per heavy atom. The van der Waals surface area contributed by atoms with Crippen LogP contribution in [-0.2, 0) is 0 Å². The fraction of sp³-hybridized carbons (Fsp3) is 0.0455. The predicted molar refractivity (Wildman–Crippen MR) is 112 cm³/mol. The predicted octanol–water partition coefficient (Wildman–Crippen LogP) is 3.92. The van der Waals surface area contributed by atoms with E-state index >= 15 is 0 Å². The molecule has 0 aliphatic carbocycles. The van der Waals surface area contributed by atoms with Crippen molar-refractivity contribution in [2.24, 2.45) is 0 Å². The maximum Gasteiger partial charge on any atom is 0.354 e. The number of aromatic carboxylic acids is 1. The number of amides is 1. The van der Waals surface area contributed by atoms with E-state index in [0.717, 1.165) is 6.07 Å². The minimum Gasteiger partial charge on any atom is -0.493 e. The summed E-state index contributed by atoms with van der Waals surface area (Å²) in [6, 6.07) is 13.2. The molecule has 2 heterocycles. The molecule has 0 fully saturated rings. The Morgan fingerprint density at radius 2 is 1.75 bits per heavy atom. The molecule has 0 radical (unpaired) electrons. The first kappa shape index (κ1) is 20.7. The molecule has 2 aromatic carbocycles. The van der Waals surface area contributed by atoms with Gasteiger partial charge in [-0.25, -0.2) is 24.1 Å². The molecule has 0 atom stereocenters. The van der Waals surface area contributed by atoms with Gasteiger partial charge in [0.2, 0.25) is 0 Å². The van der Waals surface area contributed by atoms with Crippen LogP contribution in [0.15, 0.2) is 60.8 Å². The average molecular weight is 434 g/mol. The number of aromatic nitrogens is 3. The Kier molecular flexibility index (Phi) is 5.58. The normalized spacial score (nSPS) is 10.6. The lowest BCUT2D eigenvalue weighted by Crippen LogP contribution is -2.16. The third-order valence-corrected chi connectivity index (χ3v) is 4.32. The number of fused-ring (bicyclic) bond motifs is 1. The second-order valence-corrected chi connectivity index (χ2v) is 6.45. The lowest BCUT2D eigenvalue weighted by atomic mass is 10.2. The largest absolute Gasteiger partial charge is 0.493 e. The van der Waals surface area contributed by atoms with Gasteiger partial charge in [0.1, 0.15) is 11.5 Å². The molecule has 0 saturated heterocycles. The molecule has 10 heteroatoms. The van der Waals surface area contributed by atoms with Crippen LogP contribution >= 0.6 is 0 Å². The third-order valence-electron chi connectivity index (χ3n) is 4.32. The molecule has 4 aromatic rings. The molecule has 4 rings (SSSR count). The van der Waals surface area contributed by atoms with Crippen molar-refractivity contribution in [3.63, 3.8) is 0 Å². The van der Waals surface area contributed by atoms with Crippen LogP contribution in [0.3, 0.4) is 0 Å². The van der Waals surface area contributed by atoms with Gasteiger partial charge in [-0.1, -0.05) is 12.1 Å². The molecular formula is C22H15FN4O5. The fourth-order valence-corrected chi connectivity index (χ4v) is 2.85. The van der Waals surface area contributed by atoms with E-state index in [1.165, 1.54) is 37.6 Å². The number of nitrogens with zero attached hydrogens (tertiary/aromatic N) is 3. The molecule has 0 bridgehead atoms. The van der Waals surface area contributed by atoms with E-state index in [1.807, 2.05) is 0 Å². The number of carboxylic acid groups (broad SMARTS) is 1. The summed E-state index contributed by atoms with van der Waals surface area (Å²) in [6.07, 6.45) is 1.26. The first-order valence-corrected chi connectivity index (χ1v) is 9.23. The van der Waals surface area contributed by atoms with Crippen LogP contribution in [0.1, 0.15) is 21.0 Å². The molecule has 1 amide bonds. The van der Waals surface area contributed by atoms with Crippen LogP contribution in [0.5, 0.6) is 17.4 Å². The summed E-state index contributed by atoms with van der Waals surface area (Å²) in [6.45, 7) is 0. The van der Waals surface area contributed by atoms with Gasteiger partial charge < -0.3 is 19.9 Å². The van der Waals surface area contributed by atoms with Gasteiger partial charge in [-0.15, -0.1) is 0 Å². The Morgan fingerprint density at radius 1 is 1.00 bits per heavy atom. The van der Waals surface area contributed by atoms with E-state index in [9.17, 15) is 14.0 Å². The number of carbonyl (C=O) groups is 2. The Hall–Kier alpha value is -4.60. The number of carbonyl (C=O) groups excluding carboxylic acids is 1. The van der Waals surface area contributed by atoms with Gasteiger partial charge >= 0.3 is 5.97 Å². The quantitative estimate of drug-likeness (QED) is 0.468. The number of hydrogen-bond acceptors (Lipinski definition) is 7. The van der Waals surface area contributed by atoms with E-state index in [2.05, 4.69) is 20.3 Å². The zero-order valence-corrected chi connectivity index (χ0v) is 16.6. The van der Waals surface area contributed by atoms with Crippen molar-refractivity contribution in [1.29, 1.82) is 0 Å². The van der Waals surface area contributed by atoms with Gasteiger partial charge in [0.05, 0.1) is 18.1 Å². The van der Waals surface area contributed by atoms with E-state index in [-0.39, 0.29) is 34.5 Å². The molecule has 160 valence electrons. The molecule has 2 aromatic heterocycles. The molecule has 0 aliphatic heterocycles. The van der Waals surface area contributed by atoms with E-state index in [4.69, 9.17) is 14.6 Å². The van der Waals surface area contributed by atoms with E-state index < -0.39 is 17.7 Å². The number of nitrogens with one attached hydrogen (secondary N) is 1. The standard InChI is InChI=1S/C22H15FN4O5/c1-31-18-10-12(23)6-7-17(18)32-21-19(26-14-4-2-3-5-15(14)27-21)20(28)25-13-8-9-24-16(11-13)22(29)30/h2-11H,1H3,(H,29,30)(H,24,25,28). The highest BCUT2D eigenvalue weighted by molar-refractivity contribution is 6.05. The zero-order chi connectivity index (χ0) is 22.7. The van der Waals surface area contributed by atoms with Crippen molar-refractivity contribution in [1.82, 2.24) is 15.0 Å². The van der Waals surface area contributed by atoms with Crippen molar-refractivity contribution in [3.8, 4) is 17.4 Å². The second-order valence-electron chi connectivity index (χ2n) is 6.45. The van der Waals surface area contributed by atoms with Crippen molar-refractivity contribution >= 4 is 28.6 Å². The van der Waals surface area contributed by atoms with Gasteiger partial charge in [-0.2, -0.15) is 0 Å². The highest BCUT2D eigenvalue weighted by atomic mass is 19.1. The Bertz CT molecular complexity index is 1350. The minimum atomic E-state index is -1.24. The Balaban J connectivity index is 1.75. The lowest BCUT2D eigenvalue weighted by Gasteiger charge is -2.13. The van der Waals surface area contributed by atoms with Crippen LogP contribution in [0, 0.1) is 5.82 Å². The number of anilines is 1. The first-order valence-electron chi connectivity index (χ1n) is 9.23. The van der Waals surface area contributed by atoms with Crippen LogP contribution in [0.2, 0.25) is 0 Å². The fourth-order valence-electron chi connectivity index (χ4n) is 2.85. The number of methoxy groups -OCH3 is 1. The topological polar surface area (TPSA) is 124 Å². The summed E-state index contributed by atoms with van der Waals surface area (Å²) in [7, 11) is 1.35. The maximum absolute atomic E-state index is 13.5. The molecule has 0 spiro atoms. The number of rotatable bonds is 6. The molecule has 9 nitrogen and oxygen atoms in total. The smallest absolute Gasteiger partial charge is 0.354 e. The number of pyridine rings is 1. The number of hydrogen-bond donors (Lipinski definition) is 2. The van der Waals surface area contributed by atoms with Crippen molar-refractivity contribution in [2.75, 3.05) is 12.4 Å². The number of carboxylic acids is 1. The van der Waals surface area contributed by atoms with E-state index in [0.29, 0.717) is 11.0 Å². The van der Waals surface area contributed by atoms with Crippen LogP contribution in [-0.4, -0.2) is 39.0 Å². The van der Waals surface area contributed by atoms with Crippen molar-refractivity contribution in [2.45, 2.75) is 0 Å². The number of halogens is 1. The summed E-state index contributed by atoms with van der Waals surface area (Å²) in [5.41, 5.74) is 0.709. The summed E-state index contributed by atoms with van der Waals surface area (Å²) in [4.78, 5) is 36.6. The van der Waals surface area contributed by atoms with Gasteiger partial charge in [-0.05, 0) is 36.4 Å². The Labute approximate surface area is 180 Å². The van der Waals surface area contributed by atoms with Crippen molar-refractivity contribution < 1.29 is 28.6 Å². The second kappa shape index (κ2) is 8.64. The average Bonchev–Trinajstić information content (AvgIpc) is 2.79. The lowest BCUT2D eigenvalue weighted by molar-refractivity contribution is 0.0690. The summed E-state index contributed by atoms with van der Waals surface area (Å²) >= 11 is 0. The molecule has 0 unspecified atom stereocenters. The maximum atomic E-state index is 13.5. The molecule has 32 heavy (non-hydrogen) atoms. The first-order chi connectivity index (χ1) is 15.4.